The molecule has 0 aromatic rings. The van der Waals surface area contributed by atoms with Crippen LogP contribution in [0.15, 0.2) is 0 Å². The van der Waals surface area contributed by atoms with Crippen molar-refractivity contribution >= 4 is 22.9 Å². The van der Waals surface area contributed by atoms with Gasteiger partial charge in [0, 0.05) is 54.1 Å². The van der Waals surface area contributed by atoms with Crippen LogP contribution in [-0.4, -0.2) is 39.2 Å². The highest BCUT2D eigenvalue weighted by Crippen LogP contribution is 2.45. The Kier molecular flexibility index (Phi) is 2.11. The second-order valence-corrected chi connectivity index (χ2v) is 6.21. The maximum Gasteiger partial charge on any atom is 0.0372 e. The van der Waals surface area contributed by atoms with Gasteiger partial charge in [0.2, 0.25) is 0 Å². The van der Waals surface area contributed by atoms with Gasteiger partial charge >= 0.3 is 0 Å². The number of nitrogens with zero attached hydrogens (tertiary/aromatic N) is 2. The van der Waals surface area contributed by atoms with Gasteiger partial charge in [0.25, 0.3) is 0 Å². The lowest BCUT2D eigenvalue weighted by molar-refractivity contribution is -0.0635. The Bertz CT molecular complexity index is 217. The lowest BCUT2D eigenvalue weighted by atomic mass is 9.77. The lowest BCUT2D eigenvalue weighted by Crippen LogP contribution is -2.65. The van der Waals surface area contributed by atoms with Crippen molar-refractivity contribution in [3.05, 3.63) is 0 Å². The maximum absolute atomic E-state index is 2.81. The van der Waals surface area contributed by atoms with Crippen molar-refractivity contribution in [3.63, 3.8) is 0 Å². The summed E-state index contributed by atoms with van der Waals surface area (Å²) in [6, 6.07) is 0.969. The zero-order chi connectivity index (χ0) is 8.89. The van der Waals surface area contributed by atoms with E-state index >= 15 is 0 Å². The molecular weight excluding hydrogens is 275 g/mol. The van der Waals surface area contributed by atoms with Gasteiger partial charge in [0.05, 0.1) is 0 Å². The van der Waals surface area contributed by atoms with Crippen LogP contribution in [0.3, 0.4) is 0 Å². The molecule has 0 bridgehead atoms. The number of likely N-dealkylation sites (tertiary alicyclic amines) is 1. The predicted octanol–water partition coefficient (Wildman–Crippen LogP) is 2.04. The van der Waals surface area contributed by atoms with Gasteiger partial charge in [-0.05, 0) is 25.7 Å². The Morgan fingerprint density at radius 1 is 1.15 bits per heavy atom. The second-order valence-electron chi connectivity index (χ2n) is 4.85. The highest BCUT2D eigenvalue weighted by molar-refractivity contribution is 14.1. The van der Waals surface area contributed by atoms with Crippen molar-refractivity contribution in [1.29, 1.82) is 0 Å². The fourth-order valence-electron chi connectivity index (χ4n) is 3.07. The van der Waals surface area contributed by atoms with Crippen LogP contribution in [0.2, 0.25) is 0 Å². The summed E-state index contributed by atoms with van der Waals surface area (Å²) in [5, 5.41) is 0. The third-order valence-corrected chi connectivity index (χ3v) is 5.05. The summed E-state index contributed by atoms with van der Waals surface area (Å²) in [6.45, 7) is 4.02. The van der Waals surface area contributed by atoms with E-state index in [1.807, 2.05) is 0 Å². The van der Waals surface area contributed by atoms with Gasteiger partial charge in [-0.3, -0.25) is 4.90 Å². The molecule has 2 heterocycles. The number of halogens is 1. The van der Waals surface area contributed by atoms with Gasteiger partial charge < -0.3 is 0 Å². The van der Waals surface area contributed by atoms with Crippen LogP contribution in [0, 0.1) is 0 Å². The zero-order valence-corrected chi connectivity index (χ0v) is 10.2. The summed E-state index contributed by atoms with van der Waals surface area (Å²) >= 11 is 2.48. The van der Waals surface area contributed by atoms with E-state index in [4.69, 9.17) is 0 Å². The molecule has 3 aliphatic rings. The average Bonchev–Trinajstić information content (AvgIpc) is 2.40. The molecule has 13 heavy (non-hydrogen) atoms. The van der Waals surface area contributed by atoms with E-state index in [0.29, 0.717) is 5.54 Å². The summed E-state index contributed by atoms with van der Waals surface area (Å²) in [6.07, 6.45) is 7.31. The van der Waals surface area contributed by atoms with Crippen LogP contribution < -0.4 is 0 Å². The predicted molar refractivity (Wildman–Crippen MR) is 61.9 cm³/mol. The van der Waals surface area contributed by atoms with Crippen LogP contribution in [0.25, 0.3) is 0 Å². The van der Waals surface area contributed by atoms with Gasteiger partial charge in [-0.2, -0.15) is 0 Å². The van der Waals surface area contributed by atoms with Crippen molar-refractivity contribution in [2.24, 2.45) is 0 Å². The van der Waals surface area contributed by atoms with E-state index < -0.39 is 0 Å². The van der Waals surface area contributed by atoms with Crippen molar-refractivity contribution in [1.82, 2.24) is 8.01 Å². The Morgan fingerprint density at radius 3 is 2.31 bits per heavy atom. The molecule has 0 radical (unpaired) electrons. The summed E-state index contributed by atoms with van der Waals surface area (Å²) in [4.78, 5) is 2.81. The molecule has 74 valence electrons. The van der Waals surface area contributed by atoms with E-state index in [9.17, 15) is 0 Å². The van der Waals surface area contributed by atoms with E-state index in [2.05, 4.69) is 30.9 Å². The lowest BCUT2D eigenvalue weighted by Gasteiger charge is -2.57. The van der Waals surface area contributed by atoms with Gasteiger partial charge in [0.15, 0.2) is 0 Å². The summed E-state index contributed by atoms with van der Waals surface area (Å²) in [5.41, 5.74) is 0.631. The first kappa shape index (κ1) is 8.92. The molecule has 0 amide bonds. The Balaban J connectivity index is 1.70. The molecular formula is C10H17IN2. The average molecular weight is 292 g/mol. The third kappa shape index (κ3) is 1.27. The minimum Gasteiger partial charge on any atom is -0.293 e. The van der Waals surface area contributed by atoms with E-state index in [0.717, 1.165) is 6.04 Å². The standard InChI is InChI=1S/C10H17IN2/c11-12-6-4-10(8-12)5-7-13(10)9-2-1-3-9/h9H,1-8H2. The third-order valence-electron chi connectivity index (χ3n) is 4.23. The molecule has 1 aliphatic carbocycles. The van der Waals surface area contributed by atoms with Crippen LogP contribution in [0.4, 0.5) is 0 Å². The number of hydrogen-bond acceptors (Lipinski definition) is 2. The normalized spacial score (nSPS) is 42.2. The van der Waals surface area contributed by atoms with Gasteiger partial charge in [-0.15, -0.1) is 0 Å². The van der Waals surface area contributed by atoms with Crippen molar-refractivity contribution < 1.29 is 0 Å². The Hall–Kier alpha value is 0.650. The smallest absolute Gasteiger partial charge is 0.0372 e. The molecule has 0 aromatic carbocycles. The molecule has 1 spiro atoms. The Labute approximate surface area is 94.1 Å². The molecule has 3 heteroatoms. The molecule has 2 nitrogen and oxygen atoms in total. The van der Waals surface area contributed by atoms with Gasteiger partial charge in [-0.1, -0.05) is 6.42 Å². The topological polar surface area (TPSA) is 6.48 Å². The first-order valence-corrected chi connectivity index (χ1v) is 6.44. The Morgan fingerprint density at radius 2 is 1.92 bits per heavy atom. The van der Waals surface area contributed by atoms with Crippen molar-refractivity contribution in [3.8, 4) is 0 Å². The van der Waals surface area contributed by atoms with Gasteiger partial charge in [0.1, 0.15) is 0 Å². The van der Waals surface area contributed by atoms with Gasteiger partial charge in [-0.25, -0.2) is 3.11 Å². The molecule has 1 saturated carbocycles. The highest BCUT2D eigenvalue weighted by Gasteiger charge is 2.51. The molecule has 0 aromatic heterocycles. The van der Waals surface area contributed by atoms with E-state index in [1.165, 1.54) is 51.7 Å². The van der Waals surface area contributed by atoms with Crippen LogP contribution >= 0.6 is 22.9 Å². The quantitative estimate of drug-likeness (QED) is 0.539. The highest BCUT2D eigenvalue weighted by atomic mass is 127. The molecule has 2 saturated heterocycles. The van der Waals surface area contributed by atoms with Crippen LogP contribution in [0.1, 0.15) is 32.1 Å². The van der Waals surface area contributed by atoms with E-state index in [1.54, 1.807) is 0 Å². The zero-order valence-electron chi connectivity index (χ0n) is 8.01. The van der Waals surface area contributed by atoms with Crippen LogP contribution in [0.5, 0.6) is 0 Å². The number of rotatable bonds is 1. The SMILES string of the molecule is IN1CCC2(CCN2C2CCC2)C1. The second kappa shape index (κ2) is 3.07. The first-order chi connectivity index (χ1) is 6.30. The monoisotopic (exact) mass is 292 g/mol. The molecule has 2 aliphatic heterocycles. The number of hydrogen-bond donors (Lipinski definition) is 0. The minimum absolute atomic E-state index is 0.631. The fourth-order valence-corrected chi connectivity index (χ4v) is 3.95. The molecule has 3 rings (SSSR count). The summed E-state index contributed by atoms with van der Waals surface area (Å²) < 4.78 is 2.47. The summed E-state index contributed by atoms with van der Waals surface area (Å²) in [7, 11) is 0. The molecule has 0 N–H and O–H groups in total. The summed E-state index contributed by atoms with van der Waals surface area (Å²) in [5.74, 6) is 0. The first-order valence-electron chi connectivity index (χ1n) is 5.48. The van der Waals surface area contributed by atoms with Crippen LogP contribution in [-0.2, 0) is 0 Å². The van der Waals surface area contributed by atoms with E-state index in [-0.39, 0.29) is 0 Å². The fraction of sp³-hybridized carbons (Fsp3) is 1.00. The van der Waals surface area contributed by atoms with Crippen molar-refractivity contribution in [2.75, 3.05) is 19.6 Å². The minimum atomic E-state index is 0.631. The van der Waals surface area contributed by atoms with Crippen molar-refractivity contribution in [2.45, 2.75) is 43.7 Å². The molecule has 1 unspecified atom stereocenters. The largest absolute Gasteiger partial charge is 0.293 e. The molecule has 1 atom stereocenters. The molecule has 3 fully saturated rings. The maximum atomic E-state index is 2.81.